The summed E-state index contributed by atoms with van der Waals surface area (Å²) < 4.78 is 0. The van der Waals surface area contributed by atoms with E-state index in [1.807, 2.05) is 0 Å². The molecule has 0 amide bonds. The molecule has 0 heterocycles. The Kier molecular flexibility index (Phi) is 102. The van der Waals surface area contributed by atoms with Crippen LogP contribution >= 0.6 is 0 Å². The van der Waals surface area contributed by atoms with Crippen molar-refractivity contribution in [2.75, 3.05) is 0 Å². The van der Waals surface area contributed by atoms with Crippen LogP contribution in [0.5, 0.6) is 0 Å². The second-order valence-corrected chi connectivity index (χ2v) is 24.3. The van der Waals surface area contributed by atoms with Crippen molar-refractivity contribution in [3.8, 4) is 0 Å². The molecule has 8 nitrogen and oxygen atoms in total. The molecule has 0 radical (unpaired) electrons. The first kappa shape index (κ1) is 93.1. The van der Waals surface area contributed by atoms with Gasteiger partial charge < -0.3 is 39.6 Å². The summed E-state index contributed by atoms with van der Waals surface area (Å²) in [4.78, 5) is 40.9. The van der Waals surface area contributed by atoms with Gasteiger partial charge in [-0.2, -0.15) is 0 Å². The van der Waals surface area contributed by atoms with Crippen LogP contribution in [-0.2, 0) is 38.7 Å². The summed E-state index contributed by atoms with van der Waals surface area (Å²) in [6.45, 7) is 9.07. The standard InChI is InChI=1S/4C18H36O2.Sr.Zn/c4*1-2-3-4-5-6-7-8-9-10-11-12-13-14-15-16-17-18(19)20;;/h4*2-17H2,1H3,(H,19,20);;/q;;;;2*+2/p-4. The van der Waals surface area contributed by atoms with E-state index in [0.29, 0.717) is 0 Å². The Hall–Kier alpha value is -0.0161. The first-order valence-electron chi connectivity index (χ1n) is 35.9. The molecule has 0 N–H and O–H groups in total. The van der Waals surface area contributed by atoms with Crippen molar-refractivity contribution in [2.24, 2.45) is 0 Å². The van der Waals surface area contributed by atoms with Crippen molar-refractivity contribution in [3.63, 3.8) is 0 Å². The minimum atomic E-state index is -0.903. The number of unbranched alkanes of at least 4 members (excludes halogenated alkanes) is 56. The van der Waals surface area contributed by atoms with Gasteiger partial charge in [0.15, 0.2) is 0 Å². The van der Waals surface area contributed by atoms with E-state index in [0.717, 1.165) is 51.4 Å². The molecule has 0 aliphatic heterocycles. The maximum absolute atomic E-state index is 10.2. The fourth-order valence-corrected chi connectivity index (χ4v) is 10.6. The molecule has 0 rings (SSSR count). The van der Waals surface area contributed by atoms with E-state index < -0.39 is 23.9 Å². The third-order valence-corrected chi connectivity index (χ3v) is 15.9. The van der Waals surface area contributed by atoms with Crippen LogP contribution in [0.2, 0.25) is 0 Å². The zero-order valence-corrected chi connectivity index (χ0v) is 62.4. The van der Waals surface area contributed by atoms with Crippen LogP contribution in [0.3, 0.4) is 0 Å². The molecule has 0 saturated carbocycles. The van der Waals surface area contributed by atoms with E-state index in [2.05, 4.69) is 27.7 Å². The number of carboxylic acid groups (broad SMARTS) is 4. The fraction of sp³-hybridized carbons (Fsp3) is 0.944. The van der Waals surface area contributed by atoms with Crippen LogP contribution in [0, 0.1) is 0 Å². The molecule has 0 aliphatic carbocycles. The van der Waals surface area contributed by atoms with Gasteiger partial charge in [-0.3, -0.25) is 0 Å². The number of carbonyl (C=O) groups is 4. The number of aliphatic carboxylic acids is 4. The van der Waals surface area contributed by atoms with E-state index in [4.69, 9.17) is 0 Å². The van der Waals surface area contributed by atoms with Gasteiger partial charge >= 0.3 is 65.0 Å². The predicted octanol–water partition coefficient (Wildman–Crippen LogP) is 19.6. The molecule has 480 valence electrons. The normalized spacial score (nSPS) is 10.6. The SMILES string of the molecule is CCCCCCCCCCCCCCCCCC(=O)[O-].CCCCCCCCCCCCCCCCCC(=O)[O-].CCCCCCCCCCCCCCCCCC(=O)[O-].CCCCCCCCCCCCCCCCCC(=O)[O-].[Sr+2].[Zn+2]. The molecular weight excluding hydrogens is 1150 g/mol. The second kappa shape index (κ2) is 89.7. The zero-order valence-electron chi connectivity index (χ0n) is 55.9. The van der Waals surface area contributed by atoms with E-state index >= 15 is 0 Å². The Morgan fingerprint density at radius 1 is 0.171 bits per heavy atom. The summed E-state index contributed by atoms with van der Waals surface area (Å²) in [5, 5.41) is 40.9. The number of hydrogen-bond donors (Lipinski definition) is 0. The predicted molar refractivity (Wildman–Crippen MR) is 344 cm³/mol. The van der Waals surface area contributed by atoms with Crippen LogP contribution < -0.4 is 20.4 Å². The minimum absolute atomic E-state index is 0. The molecule has 0 aliphatic rings. The maximum atomic E-state index is 10.2. The smallest absolute Gasteiger partial charge is 0.550 e. The summed E-state index contributed by atoms with van der Waals surface area (Å²) in [5.74, 6) is -3.61. The third kappa shape index (κ3) is 108. The summed E-state index contributed by atoms with van der Waals surface area (Å²) in [6, 6.07) is 0. The van der Waals surface area contributed by atoms with Gasteiger partial charge in [-0.05, 0) is 51.4 Å². The molecule has 0 bridgehead atoms. The number of carbonyl (C=O) groups excluding carboxylic acids is 4. The van der Waals surface area contributed by atoms with Crippen molar-refractivity contribution in [3.05, 3.63) is 0 Å². The van der Waals surface area contributed by atoms with Gasteiger partial charge in [0, 0.05) is 23.9 Å². The molecule has 0 saturated heterocycles. The summed E-state index contributed by atoms with van der Waals surface area (Å²) in [6.07, 6.45) is 79.4. The minimum Gasteiger partial charge on any atom is -0.550 e. The fourth-order valence-electron chi connectivity index (χ4n) is 10.6. The van der Waals surface area contributed by atoms with Crippen molar-refractivity contribution in [2.45, 2.75) is 439 Å². The van der Waals surface area contributed by atoms with E-state index in [1.54, 1.807) is 0 Å². The van der Waals surface area contributed by atoms with Gasteiger partial charge in [0.2, 0.25) is 0 Å². The number of carboxylic acids is 4. The van der Waals surface area contributed by atoms with Gasteiger partial charge in [-0.1, -0.05) is 387 Å². The monoisotopic (exact) mass is 1280 g/mol. The van der Waals surface area contributed by atoms with Gasteiger partial charge in [-0.25, -0.2) is 0 Å². The Morgan fingerprint density at radius 2 is 0.244 bits per heavy atom. The van der Waals surface area contributed by atoms with Gasteiger partial charge in [0.05, 0.1) is 0 Å². The topological polar surface area (TPSA) is 161 Å². The molecule has 0 fully saturated rings. The van der Waals surface area contributed by atoms with Gasteiger partial charge in [0.25, 0.3) is 0 Å². The van der Waals surface area contributed by atoms with Gasteiger partial charge in [-0.15, -0.1) is 0 Å². The molecule has 0 atom stereocenters. The molecule has 0 aromatic carbocycles. The second-order valence-electron chi connectivity index (χ2n) is 24.3. The van der Waals surface area contributed by atoms with Crippen LogP contribution in [-0.4, -0.2) is 69.4 Å². The molecule has 10 heteroatoms. The van der Waals surface area contributed by atoms with E-state index in [9.17, 15) is 39.6 Å². The van der Waals surface area contributed by atoms with E-state index in [-0.39, 0.29) is 90.6 Å². The summed E-state index contributed by atoms with van der Waals surface area (Å²) in [7, 11) is 0. The van der Waals surface area contributed by atoms with Crippen LogP contribution in [0.15, 0.2) is 0 Å². The van der Waals surface area contributed by atoms with Crippen molar-refractivity contribution in [1.29, 1.82) is 0 Å². The molecule has 0 aromatic heterocycles. The average molecular weight is 1290 g/mol. The van der Waals surface area contributed by atoms with Crippen LogP contribution in [0.1, 0.15) is 439 Å². The summed E-state index contributed by atoms with van der Waals surface area (Å²) >= 11 is 0. The maximum Gasteiger partial charge on any atom is 2.00 e. The Balaban J connectivity index is -0.000000233. The molecule has 0 unspecified atom stereocenters. The Bertz CT molecular complexity index is 998. The van der Waals surface area contributed by atoms with Crippen molar-refractivity contribution in [1.82, 2.24) is 0 Å². The third-order valence-electron chi connectivity index (χ3n) is 15.9. The molecule has 0 aromatic rings. The Labute approximate surface area is 562 Å². The largest absolute Gasteiger partial charge is 2.00 e. The quantitative estimate of drug-likeness (QED) is 0.0430. The Morgan fingerprint density at radius 3 is 0.317 bits per heavy atom. The van der Waals surface area contributed by atoms with Crippen molar-refractivity contribution >= 4 is 69.4 Å². The summed E-state index contributed by atoms with van der Waals surface area (Å²) in [5.41, 5.74) is 0. The first-order chi connectivity index (χ1) is 39.1. The molecule has 0 spiro atoms. The zero-order chi connectivity index (χ0) is 59.6. The number of hydrogen-bond acceptors (Lipinski definition) is 8. The molecular formula is C72H140O8SrZn. The number of rotatable bonds is 64. The average Bonchev–Trinajstić information content (AvgIpc) is 3.43. The van der Waals surface area contributed by atoms with Crippen LogP contribution in [0.4, 0.5) is 0 Å². The van der Waals surface area contributed by atoms with Crippen molar-refractivity contribution < 1.29 is 59.1 Å². The van der Waals surface area contributed by atoms with Crippen LogP contribution in [0.25, 0.3) is 0 Å². The molecule has 82 heavy (non-hydrogen) atoms. The first-order valence-corrected chi connectivity index (χ1v) is 35.9. The van der Waals surface area contributed by atoms with Gasteiger partial charge in [0.1, 0.15) is 0 Å². The van der Waals surface area contributed by atoms with E-state index in [1.165, 1.54) is 334 Å².